The van der Waals surface area contributed by atoms with Crippen LogP contribution in [0.3, 0.4) is 0 Å². The van der Waals surface area contributed by atoms with Crippen molar-refractivity contribution in [2.45, 2.75) is 40.5 Å². The van der Waals surface area contributed by atoms with E-state index >= 15 is 0 Å². The molecule has 0 unspecified atom stereocenters. The van der Waals surface area contributed by atoms with Crippen molar-refractivity contribution >= 4 is 22.4 Å². The summed E-state index contributed by atoms with van der Waals surface area (Å²) in [6, 6.07) is 0. The van der Waals surface area contributed by atoms with Gasteiger partial charge in [-0.3, -0.25) is 0 Å². The molecule has 0 spiro atoms. The number of piperazine rings is 1. The number of pyridine rings is 2. The second-order valence-corrected chi connectivity index (χ2v) is 8.62. The fraction of sp³-hybridized carbons (Fsp3) is 0.435. The van der Waals surface area contributed by atoms with Gasteiger partial charge in [0.15, 0.2) is 5.65 Å². The Kier molecular flexibility index (Phi) is 4.50. The van der Waals surface area contributed by atoms with E-state index in [1.807, 2.05) is 10.7 Å². The average Bonchev–Trinajstić information content (AvgIpc) is 3.36. The minimum absolute atomic E-state index is 0.372. The maximum absolute atomic E-state index is 4.86. The Morgan fingerprint density at radius 1 is 1.00 bits per heavy atom. The van der Waals surface area contributed by atoms with Gasteiger partial charge in [-0.25, -0.2) is 14.5 Å². The van der Waals surface area contributed by atoms with E-state index in [2.05, 4.69) is 66.1 Å². The first kappa shape index (κ1) is 19.1. The van der Waals surface area contributed by atoms with Crippen molar-refractivity contribution in [3.63, 3.8) is 0 Å². The lowest BCUT2D eigenvalue weighted by Crippen LogP contribution is -2.44. The number of hydrogen-bond acceptors (Lipinski definition) is 5. The second-order valence-electron chi connectivity index (χ2n) is 8.62. The maximum atomic E-state index is 4.86. The molecule has 0 saturated carbocycles. The summed E-state index contributed by atoms with van der Waals surface area (Å²) in [6.45, 7) is 15.1. The first-order chi connectivity index (χ1) is 14.5. The molecule has 0 bridgehead atoms. The number of hydrogen-bond donors (Lipinski definition) is 2. The summed E-state index contributed by atoms with van der Waals surface area (Å²) in [5, 5.41) is 9.13. The number of aromatic amines is 1. The van der Waals surface area contributed by atoms with Gasteiger partial charge in [0.25, 0.3) is 0 Å². The fourth-order valence-corrected chi connectivity index (χ4v) is 4.81. The van der Waals surface area contributed by atoms with Gasteiger partial charge in [-0.1, -0.05) is 13.8 Å². The lowest BCUT2D eigenvalue weighted by atomic mass is 9.92. The van der Waals surface area contributed by atoms with Crippen LogP contribution in [-0.4, -0.2) is 50.7 Å². The molecule has 0 aromatic carbocycles. The summed E-state index contributed by atoms with van der Waals surface area (Å²) < 4.78 is 1.88. The zero-order valence-electron chi connectivity index (χ0n) is 18.4. The number of nitrogens with zero attached hydrogens (tertiary/aromatic N) is 5. The third kappa shape index (κ3) is 2.80. The van der Waals surface area contributed by atoms with Crippen LogP contribution in [0.4, 0.5) is 5.82 Å². The Labute approximate surface area is 176 Å². The van der Waals surface area contributed by atoms with Crippen LogP contribution in [0, 0.1) is 20.8 Å². The van der Waals surface area contributed by atoms with Crippen molar-refractivity contribution in [2.75, 3.05) is 31.1 Å². The van der Waals surface area contributed by atoms with Crippen LogP contribution in [0.15, 0.2) is 18.7 Å². The molecule has 5 rings (SSSR count). The van der Waals surface area contributed by atoms with E-state index in [9.17, 15) is 0 Å². The number of anilines is 1. The molecule has 0 radical (unpaired) electrons. The van der Waals surface area contributed by atoms with E-state index in [0.29, 0.717) is 5.92 Å². The van der Waals surface area contributed by atoms with Crippen molar-refractivity contribution in [2.24, 2.45) is 0 Å². The molecule has 5 heterocycles. The zero-order valence-corrected chi connectivity index (χ0v) is 18.4. The summed E-state index contributed by atoms with van der Waals surface area (Å²) >= 11 is 0. The molecular weight excluding hydrogens is 374 g/mol. The van der Waals surface area contributed by atoms with Gasteiger partial charge in [0.05, 0.1) is 17.4 Å². The molecule has 4 aromatic heterocycles. The Hall–Kier alpha value is -2.93. The molecule has 1 fully saturated rings. The van der Waals surface area contributed by atoms with Crippen molar-refractivity contribution in [3.05, 3.63) is 41.0 Å². The molecule has 30 heavy (non-hydrogen) atoms. The average molecular weight is 404 g/mol. The summed E-state index contributed by atoms with van der Waals surface area (Å²) in [7, 11) is 0. The molecule has 0 atom stereocenters. The molecule has 7 heteroatoms. The van der Waals surface area contributed by atoms with Gasteiger partial charge in [-0.15, -0.1) is 0 Å². The largest absolute Gasteiger partial charge is 0.354 e. The van der Waals surface area contributed by atoms with E-state index in [4.69, 9.17) is 4.98 Å². The Bertz CT molecular complexity index is 1240. The standard InChI is InChI=1S/C23H29N7/c1-13(2)19-20-16(5)22(29-8-6-24-7-9-29)25-10-18(20)28-21(19)17-11-30-23(26-12-27-30)15(4)14(17)3/h10-13,24,28H,6-9H2,1-5H3. The van der Waals surface area contributed by atoms with Gasteiger partial charge < -0.3 is 15.2 Å². The fourth-order valence-electron chi connectivity index (χ4n) is 4.81. The topological polar surface area (TPSA) is 74.1 Å². The molecule has 4 aromatic rings. The van der Waals surface area contributed by atoms with Gasteiger partial charge in [0.1, 0.15) is 12.1 Å². The van der Waals surface area contributed by atoms with Crippen molar-refractivity contribution in [3.8, 4) is 11.3 Å². The van der Waals surface area contributed by atoms with Gasteiger partial charge in [-0.2, -0.15) is 5.10 Å². The molecule has 1 saturated heterocycles. The number of aromatic nitrogens is 5. The predicted octanol–water partition coefficient (Wildman–Crippen LogP) is 3.73. The first-order valence-corrected chi connectivity index (χ1v) is 10.7. The summed E-state index contributed by atoms with van der Waals surface area (Å²) in [4.78, 5) is 15.4. The summed E-state index contributed by atoms with van der Waals surface area (Å²) in [5.41, 5.74) is 9.36. The first-order valence-electron chi connectivity index (χ1n) is 10.7. The number of aryl methyl sites for hydroxylation is 2. The maximum Gasteiger partial charge on any atom is 0.158 e. The van der Waals surface area contributed by atoms with Gasteiger partial charge >= 0.3 is 0 Å². The third-order valence-electron chi connectivity index (χ3n) is 6.48. The van der Waals surface area contributed by atoms with Crippen molar-refractivity contribution in [1.29, 1.82) is 0 Å². The molecule has 2 N–H and O–H groups in total. The van der Waals surface area contributed by atoms with Crippen LogP contribution in [0.5, 0.6) is 0 Å². The molecule has 7 nitrogen and oxygen atoms in total. The van der Waals surface area contributed by atoms with E-state index in [-0.39, 0.29) is 0 Å². The Morgan fingerprint density at radius 3 is 2.50 bits per heavy atom. The highest BCUT2D eigenvalue weighted by atomic mass is 15.3. The zero-order chi connectivity index (χ0) is 21.0. The quantitative estimate of drug-likeness (QED) is 0.545. The van der Waals surface area contributed by atoms with Gasteiger partial charge in [0.2, 0.25) is 0 Å². The number of H-pyrrole nitrogens is 1. The van der Waals surface area contributed by atoms with E-state index in [1.165, 1.54) is 33.3 Å². The molecule has 156 valence electrons. The highest BCUT2D eigenvalue weighted by Crippen LogP contribution is 2.40. The number of nitrogens with one attached hydrogen (secondary N) is 2. The lowest BCUT2D eigenvalue weighted by molar-refractivity contribution is 0.584. The molecular formula is C23H29N7. The Morgan fingerprint density at radius 2 is 1.77 bits per heavy atom. The van der Waals surface area contributed by atoms with Crippen molar-refractivity contribution in [1.82, 2.24) is 29.9 Å². The molecule has 0 amide bonds. The van der Waals surface area contributed by atoms with Crippen LogP contribution in [-0.2, 0) is 0 Å². The van der Waals surface area contributed by atoms with E-state index in [0.717, 1.165) is 48.7 Å². The van der Waals surface area contributed by atoms with Crippen LogP contribution in [0.25, 0.3) is 27.8 Å². The normalized spacial score (nSPS) is 15.1. The summed E-state index contributed by atoms with van der Waals surface area (Å²) in [5.74, 6) is 1.48. The van der Waals surface area contributed by atoms with E-state index < -0.39 is 0 Å². The smallest absolute Gasteiger partial charge is 0.158 e. The highest BCUT2D eigenvalue weighted by molar-refractivity contribution is 5.96. The van der Waals surface area contributed by atoms with Crippen LogP contribution in [0.1, 0.15) is 42.0 Å². The lowest BCUT2D eigenvalue weighted by Gasteiger charge is -2.29. The SMILES string of the molecule is Cc1c(-c2[nH]c3cnc(N4CCNCC4)c(C)c3c2C(C)C)cn2ncnc2c1C. The van der Waals surface area contributed by atoms with Crippen LogP contribution >= 0.6 is 0 Å². The monoisotopic (exact) mass is 403 g/mol. The van der Waals surface area contributed by atoms with Crippen LogP contribution in [0.2, 0.25) is 0 Å². The second kappa shape index (κ2) is 7.09. The van der Waals surface area contributed by atoms with E-state index in [1.54, 1.807) is 6.33 Å². The molecule has 1 aliphatic heterocycles. The molecule has 1 aliphatic rings. The number of rotatable bonds is 3. The predicted molar refractivity (Wildman–Crippen MR) is 121 cm³/mol. The minimum Gasteiger partial charge on any atom is -0.354 e. The summed E-state index contributed by atoms with van der Waals surface area (Å²) in [6.07, 6.45) is 5.72. The van der Waals surface area contributed by atoms with Gasteiger partial charge in [-0.05, 0) is 43.4 Å². The van der Waals surface area contributed by atoms with Crippen molar-refractivity contribution < 1.29 is 0 Å². The van der Waals surface area contributed by atoms with Crippen LogP contribution < -0.4 is 10.2 Å². The van der Waals surface area contributed by atoms with Gasteiger partial charge in [0, 0.05) is 48.9 Å². The Balaban J connectivity index is 1.77. The number of fused-ring (bicyclic) bond motifs is 2. The third-order valence-corrected chi connectivity index (χ3v) is 6.48. The highest BCUT2D eigenvalue weighted by Gasteiger charge is 2.24. The molecule has 0 aliphatic carbocycles. The minimum atomic E-state index is 0.372.